The van der Waals surface area contributed by atoms with E-state index in [1.807, 2.05) is 31.3 Å². The van der Waals surface area contributed by atoms with Crippen LogP contribution in [0.15, 0.2) is 83.1 Å². The largest absolute Gasteiger partial charge is 0.512 e. The molecule has 0 fully saturated rings. The summed E-state index contributed by atoms with van der Waals surface area (Å²) in [6.07, 6.45) is 3.12. The molecule has 0 unspecified atom stereocenters. The van der Waals surface area contributed by atoms with Crippen LogP contribution in [-0.2, 0) is 30.3 Å². The van der Waals surface area contributed by atoms with E-state index in [1.165, 1.54) is 40.6 Å². The first-order valence-corrected chi connectivity index (χ1v) is 13.9. The summed E-state index contributed by atoms with van der Waals surface area (Å²) in [6, 6.07) is 24.7. The molecule has 4 heterocycles. The standard InChI is InChI=1S/C29H23N2OS.C5H8O2.Ir/c1-17-8-13-22-21-6-5-7-23(27(21)32-28(22)31-17)24-15-26-19(16-30-24)14-25(33-26)18-9-11-20(12-10-18)29(2,3)4;1-4(6)3-5(2)7;/h5-6,8-16H,1-4H3;3,6H,1-2H3;/q-1;;/b;4-3-;. The minimum atomic E-state index is -0.125. The molecule has 1 radical (unpaired) electrons. The predicted octanol–water partition coefficient (Wildman–Crippen LogP) is 9.37. The first-order chi connectivity index (χ1) is 19.0. The maximum atomic E-state index is 10.0. The van der Waals surface area contributed by atoms with Crippen molar-refractivity contribution in [3.8, 4) is 21.7 Å². The minimum Gasteiger partial charge on any atom is -0.512 e. The van der Waals surface area contributed by atoms with Gasteiger partial charge in [-0.3, -0.25) is 4.79 Å². The van der Waals surface area contributed by atoms with Crippen LogP contribution in [0.1, 0.15) is 45.9 Å². The Kier molecular flexibility index (Phi) is 8.93. The molecule has 6 aromatic rings. The summed E-state index contributed by atoms with van der Waals surface area (Å²) in [7, 11) is 0. The molecule has 0 atom stereocenters. The first-order valence-electron chi connectivity index (χ1n) is 13.1. The third-order valence-electron chi connectivity index (χ3n) is 6.54. The number of aliphatic hydroxyl groups is 1. The average Bonchev–Trinajstić information content (AvgIpc) is 3.48. The van der Waals surface area contributed by atoms with Crippen molar-refractivity contribution in [3.05, 3.63) is 96.0 Å². The molecule has 0 saturated heterocycles. The number of hydrogen-bond acceptors (Lipinski definition) is 6. The Balaban J connectivity index is 0.000000434. The van der Waals surface area contributed by atoms with Gasteiger partial charge in [-0.15, -0.1) is 29.5 Å². The van der Waals surface area contributed by atoms with Crippen LogP contribution in [0.4, 0.5) is 0 Å². The number of thiophene rings is 1. The van der Waals surface area contributed by atoms with Crippen molar-refractivity contribution >= 4 is 49.3 Å². The summed E-state index contributed by atoms with van der Waals surface area (Å²) in [5.74, 6) is -0.0625. The van der Waals surface area contributed by atoms with Crippen molar-refractivity contribution in [2.24, 2.45) is 0 Å². The summed E-state index contributed by atoms with van der Waals surface area (Å²) in [5, 5.41) is 11.6. The zero-order chi connectivity index (χ0) is 28.6. The van der Waals surface area contributed by atoms with Gasteiger partial charge in [0.05, 0.1) is 11.3 Å². The molecule has 4 aromatic heterocycles. The van der Waals surface area contributed by atoms with Crippen molar-refractivity contribution in [2.45, 2.75) is 47.0 Å². The number of nitrogens with zero attached hydrogens (tertiary/aromatic N) is 2. The number of aryl methyl sites for hydroxylation is 1. The van der Waals surface area contributed by atoms with Gasteiger partial charge in [0.15, 0.2) is 5.78 Å². The Labute approximate surface area is 257 Å². The Morgan fingerprint density at radius 3 is 2.39 bits per heavy atom. The number of ketones is 1. The number of hydrogen-bond donors (Lipinski definition) is 1. The molecule has 0 spiro atoms. The molecule has 5 nitrogen and oxygen atoms in total. The van der Waals surface area contributed by atoms with Crippen molar-refractivity contribution < 1.29 is 34.4 Å². The van der Waals surface area contributed by atoms with Gasteiger partial charge in [0.25, 0.3) is 0 Å². The minimum absolute atomic E-state index is 0. The Morgan fingerprint density at radius 1 is 1.02 bits per heavy atom. The molecule has 0 saturated carbocycles. The average molecular weight is 740 g/mol. The van der Waals surface area contributed by atoms with Crippen LogP contribution in [0.2, 0.25) is 0 Å². The van der Waals surface area contributed by atoms with Crippen LogP contribution in [0.3, 0.4) is 0 Å². The van der Waals surface area contributed by atoms with Crippen molar-refractivity contribution in [3.63, 3.8) is 0 Å². The molecular formula is C34H31IrN2O3S-. The Morgan fingerprint density at radius 2 is 1.76 bits per heavy atom. The van der Waals surface area contributed by atoms with E-state index in [4.69, 9.17) is 14.5 Å². The van der Waals surface area contributed by atoms with E-state index in [-0.39, 0.29) is 37.1 Å². The smallest absolute Gasteiger partial charge is 0.216 e. The van der Waals surface area contributed by atoms with Gasteiger partial charge in [-0.1, -0.05) is 62.1 Å². The number of carbonyl (C=O) groups is 1. The molecule has 211 valence electrons. The maximum absolute atomic E-state index is 10.0. The number of carbonyl (C=O) groups excluding carboxylic acids is 1. The number of allylic oxidation sites excluding steroid dienone is 2. The number of aliphatic hydroxyl groups excluding tert-OH is 1. The second kappa shape index (κ2) is 12.1. The zero-order valence-corrected chi connectivity index (χ0v) is 27.0. The Bertz CT molecular complexity index is 1890. The van der Waals surface area contributed by atoms with Crippen LogP contribution in [0.25, 0.3) is 53.9 Å². The zero-order valence-electron chi connectivity index (χ0n) is 23.8. The summed E-state index contributed by atoms with van der Waals surface area (Å²) in [6.45, 7) is 11.5. The van der Waals surface area contributed by atoms with E-state index in [2.05, 4.69) is 74.3 Å². The molecular weight excluding hydrogens is 709 g/mol. The van der Waals surface area contributed by atoms with Crippen LogP contribution in [-0.4, -0.2) is 20.9 Å². The summed E-state index contributed by atoms with van der Waals surface area (Å²) in [4.78, 5) is 20.6. The van der Waals surface area contributed by atoms with Crippen LogP contribution < -0.4 is 0 Å². The molecule has 0 aliphatic rings. The van der Waals surface area contributed by atoms with Crippen LogP contribution in [0, 0.1) is 13.0 Å². The van der Waals surface area contributed by atoms with Gasteiger partial charge in [0.2, 0.25) is 5.71 Å². The quantitative estimate of drug-likeness (QED) is 0.111. The second-order valence-corrected chi connectivity index (χ2v) is 12.0. The van der Waals surface area contributed by atoms with E-state index in [0.29, 0.717) is 5.71 Å². The molecule has 0 bridgehead atoms. The number of benzene rings is 2. The number of pyridine rings is 2. The third-order valence-corrected chi connectivity index (χ3v) is 7.69. The molecule has 0 aliphatic heterocycles. The van der Waals surface area contributed by atoms with Gasteiger partial charge in [-0.25, -0.2) is 4.98 Å². The van der Waals surface area contributed by atoms with Gasteiger partial charge in [0.1, 0.15) is 0 Å². The van der Waals surface area contributed by atoms with Crippen molar-refractivity contribution in [1.29, 1.82) is 0 Å². The topological polar surface area (TPSA) is 76.2 Å². The number of furan rings is 1. The predicted molar refractivity (Wildman–Crippen MR) is 165 cm³/mol. The van der Waals surface area contributed by atoms with E-state index >= 15 is 0 Å². The van der Waals surface area contributed by atoms with Gasteiger partial charge in [-0.05, 0) is 61.2 Å². The number of fused-ring (bicyclic) bond motifs is 4. The molecule has 6 rings (SSSR count). The van der Waals surface area contributed by atoms with Crippen LogP contribution in [0.5, 0.6) is 0 Å². The SMILES string of the molecule is CC(=O)/C=C(/C)O.Cc1ccc2c(n1)oc1c(-c3cc4sc(-c5ccc(C(C)(C)C)cc5)cc4cn3)[c-]ccc12.[Ir]. The molecule has 1 N–H and O–H groups in total. The second-order valence-electron chi connectivity index (χ2n) is 10.9. The normalized spacial score (nSPS) is 11.8. The van der Waals surface area contributed by atoms with E-state index < -0.39 is 0 Å². The fourth-order valence-corrected chi connectivity index (χ4v) is 5.62. The fraction of sp³-hybridized carbons (Fsp3) is 0.206. The monoisotopic (exact) mass is 740 g/mol. The molecule has 41 heavy (non-hydrogen) atoms. The molecule has 0 amide bonds. The van der Waals surface area contributed by atoms with Gasteiger partial charge in [-0.2, -0.15) is 0 Å². The van der Waals surface area contributed by atoms with Crippen molar-refractivity contribution in [1.82, 2.24) is 9.97 Å². The molecule has 0 aliphatic carbocycles. The fourth-order valence-electron chi connectivity index (χ4n) is 4.55. The van der Waals surface area contributed by atoms with Gasteiger partial charge < -0.3 is 14.5 Å². The summed E-state index contributed by atoms with van der Waals surface area (Å²) in [5.41, 5.74) is 6.84. The summed E-state index contributed by atoms with van der Waals surface area (Å²) >= 11 is 1.79. The van der Waals surface area contributed by atoms with E-state index in [9.17, 15) is 4.79 Å². The number of aromatic nitrogens is 2. The molecule has 7 heteroatoms. The maximum Gasteiger partial charge on any atom is 0.216 e. The Hall–Kier alpha value is -3.64. The van der Waals surface area contributed by atoms with Gasteiger partial charge >= 0.3 is 0 Å². The molecule has 2 aromatic carbocycles. The first kappa shape index (κ1) is 30.3. The van der Waals surface area contributed by atoms with Crippen LogP contribution >= 0.6 is 11.3 Å². The van der Waals surface area contributed by atoms with E-state index in [1.54, 1.807) is 11.3 Å². The van der Waals surface area contributed by atoms with Crippen molar-refractivity contribution in [2.75, 3.05) is 0 Å². The van der Waals surface area contributed by atoms with Gasteiger partial charge in [0, 0.05) is 58.4 Å². The summed E-state index contributed by atoms with van der Waals surface area (Å²) < 4.78 is 7.36. The number of rotatable bonds is 3. The third kappa shape index (κ3) is 6.65. The van der Waals surface area contributed by atoms with E-state index in [0.717, 1.165) is 38.7 Å².